The fourth-order valence-electron chi connectivity index (χ4n) is 0. The van der Waals surface area contributed by atoms with Crippen LogP contribution in [0.3, 0.4) is 0 Å². The van der Waals surface area contributed by atoms with E-state index in [1.165, 1.54) is 0 Å². The molecule has 29 heavy (non-hydrogen) atoms. The molecule has 0 spiro atoms. The molecule has 0 amide bonds. The van der Waals surface area contributed by atoms with Crippen LogP contribution in [-0.2, 0) is 145 Å². The first-order chi connectivity index (χ1) is 10.4. The second-order valence-electron chi connectivity index (χ2n) is 1.45. The van der Waals surface area contributed by atoms with Gasteiger partial charge in [0, 0.05) is 0 Å². The second kappa shape index (κ2) is 64.5. The van der Waals surface area contributed by atoms with Crippen LogP contribution < -0.4 is 34.7 Å². The van der Waals surface area contributed by atoms with Gasteiger partial charge in [0.2, 0.25) is 0 Å². The molecule has 0 heterocycles. The number of rotatable bonds is 0. The minimum absolute atomic E-state index is 0. The molecule has 0 N–H and O–H groups in total. The molecule has 29 heteroatoms. The Morgan fingerprint density at radius 2 is 0.517 bits per heavy atom. The molecule has 0 saturated carbocycles. The van der Waals surface area contributed by atoms with Crippen molar-refractivity contribution in [1.82, 2.24) is 0 Å². The van der Waals surface area contributed by atoms with E-state index in [-0.39, 0.29) is 115 Å². The SMILES string of the molecule is [Mg+2].[Mg+2].[Mg+2].[Mg+2].[Mg+2].[O]=[Nb](=[O])[O-].[O]=[Nb](=[O])[O-].[O]=[Ti]([O-])[O-].[O]=[Ti]([O-])[O-].[O]=[Zr]([O-])[O-].[O]=[Zr]([O-])[O-]. The van der Waals surface area contributed by atoms with Crippen LogP contribution in [0.5, 0.6) is 0 Å². The summed E-state index contributed by atoms with van der Waals surface area (Å²) in [5.74, 6) is 0. The van der Waals surface area contributed by atoms with Crippen LogP contribution in [0.4, 0.5) is 0 Å². The van der Waals surface area contributed by atoms with Crippen LogP contribution in [0.15, 0.2) is 0 Å². The van der Waals surface area contributed by atoms with E-state index < -0.39 is 120 Å². The molecule has 0 aliphatic rings. The molecule has 0 fully saturated rings. The van der Waals surface area contributed by atoms with Gasteiger partial charge in [-0.2, -0.15) is 0 Å². The first kappa shape index (κ1) is 70.4. The summed E-state index contributed by atoms with van der Waals surface area (Å²) in [6.45, 7) is 0. The van der Waals surface area contributed by atoms with Crippen molar-refractivity contribution in [2.75, 3.05) is 0 Å². The molecule has 0 aromatic heterocycles. The third-order valence-corrected chi connectivity index (χ3v) is 0. The maximum atomic E-state index is 8.61. The first-order valence-electron chi connectivity index (χ1n) is 3.54. The van der Waals surface area contributed by atoms with E-state index in [9.17, 15) is 0 Å². The molecule has 0 saturated heterocycles. The Labute approximate surface area is 288 Å². The van der Waals surface area contributed by atoms with E-state index in [2.05, 4.69) is 0 Å². The molecule has 0 rings (SSSR count). The third-order valence-electron chi connectivity index (χ3n) is 0. The van der Waals surface area contributed by atoms with Gasteiger partial charge in [-0.05, 0) is 0 Å². The Balaban J connectivity index is -0.0000000144. The standard InChI is InChI=1S/5Mg.2Nb.18O.2Ti.2Zr/q5*+2;;;;;;;;;;;10*-1;;;;. The summed E-state index contributed by atoms with van der Waals surface area (Å²) in [4.78, 5) is 0. The first-order valence-corrected chi connectivity index (χ1v) is 18.8. The molecule has 0 radical (unpaired) electrons. The van der Waals surface area contributed by atoms with Crippen molar-refractivity contribution in [1.29, 1.82) is 0 Å². The van der Waals surface area contributed by atoms with Gasteiger partial charge in [0.25, 0.3) is 0 Å². The molecule has 0 unspecified atom stereocenters. The fraction of sp³-hybridized carbons (Fsp3) is 0. The van der Waals surface area contributed by atoms with Crippen molar-refractivity contribution < 1.29 is 180 Å². The van der Waals surface area contributed by atoms with Crippen LogP contribution >= 0.6 is 0 Å². The Bertz CT molecular complexity index is 393. The summed E-state index contributed by atoms with van der Waals surface area (Å²) in [7, 11) is 0. The molecule has 0 bridgehead atoms. The van der Waals surface area contributed by atoms with Crippen molar-refractivity contribution in [2.45, 2.75) is 0 Å². The molecule has 0 aromatic rings. The average Bonchev–Trinajstić information content (AvgIpc) is 2.08. The molecular weight excluding hydrogens is 874 g/mol. The van der Waals surface area contributed by atoms with Crippen LogP contribution in [0.1, 0.15) is 0 Å². The zero-order valence-electron chi connectivity index (χ0n) is 13.8. The summed E-state index contributed by atoms with van der Waals surface area (Å²) < 4.78 is 155. The second-order valence-corrected chi connectivity index (χ2v) is 7.67. The van der Waals surface area contributed by atoms with E-state index >= 15 is 0 Å². The molecular formula is Mg5Nb2O18Ti2Zr2. The third kappa shape index (κ3) is 861. The van der Waals surface area contributed by atoms with E-state index in [0.29, 0.717) is 0 Å². The van der Waals surface area contributed by atoms with Crippen molar-refractivity contribution in [2.24, 2.45) is 0 Å². The Kier molecular flexibility index (Phi) is 157. The van der Waals surface area contributed by atoms with Crippen molar-refractivity contribution in [3.05, 3.63) is 0 Å². The quantitative estimate of drug-likeness (QED) is 0.204. The molecule has 0 aliphatic heterocycles. The van der Waals surface area contributed by atoms with Gasteiger partial charge in [0.05, 0.1) is 0 Å². The van der Waals surface area contributed by atoms with Gasteiger partial charge >= 0.3 is 295 Å². The van der Waals surface area contributed by atoms with Crippen LogP contribution in [0.25, 0.3) is 0 Å². The fourth-order valence-corrected chi connectivity index (χ4v) is 0. The van der Waals surface area contributed by atoms with Crippen LogP contribution in [-0.4, -0.2) is 115 Å². The van der Waals surface area contributed by atoms with Crippen LogP contribution in [0.2, 0.25) is 0 Å². The average molecular weight is 874 g/mol. The van der Waals surface area contributed by atoms with Gasteiger partial charge in [-0.3, -0.25) is 0 Å². The molecule has 144 valence electrons. The summed E-state index contributed by atoms with van der Waals surface area (Å²) in [6.07, 6.45) is 0. The van der Waals surface area contributed by atoms with Gasteiger partial charge in [-0.1, -0.05) is 0 Å². The van der Waals surface area contributed by atoms with Gasteiger partial charge in [0.1, 0.15) is 0 Å². The minimum atomic E-state index is -4.29. The Morgan fingerprint density at radius 1 is 0.517 bits per heavy atom. The van der Waals surface area contributed by atoms with Crippen molar-refractivity contribution >= 4 is 115 Å². The van der Waals surface area contributed by atoms with E-state index in [1.54, 1.807) is 0 Å². The molecule has 0 aromatic carbocycles. The summed E-state index contributed by atoms with van der Waals surface area (Å²) in [5.41, 5.74) is 0. The van der Waals surface area contributed by atoms with Crippen molar-refractivity contribution in [3.63, 3.8) is 0 Å². The van der Waals surface area contributed by atoms with Gasteiger partial charge in [-0.15, -0.1) is 0 Å². The predicted octanol–water partition coefficient (Wildman–Crippen LogP) is -14.8. The summed E-state index contributed by atoms with van der Waals surface area (Å²) in [6, 6.07) is 0. The molecule has 0 atom stereocenters. The normalized spacial score (nSPS) is 5.31. The topological polar surface area (TPSA) is 367 Å². The summed E-state index contributed by atoms with van der Waals surface area (Å²) in [5, 5.41) is 0. The Morgan fingerprint density at radius 3 is 0.517 bits per heavy atom. The molecule has 0 aliphatic carbocycles. The number of hydrogen-bond acceptors (Lipinski definition) is 18. The van der Waals surface area contributed by atoms with Gasteiger partial charge in [-0.25, -0.2) is 0 Å². The summed E-state index contributed by atoms with van der Waals surface area (Å²) >= 11 is -25.2. The van der Waals surface area contributed by atoms with E-state index in [0.717, 1.165) is 0 Å². The van der Waals surface area contributed by atoms with E-state index in [1.807, 2.05) is 0 Å². The van der Waals surface area contributed by atoms with E-state index in [4.69, 9.17) is 60.0 Å². The Hall–Kier alpha value is 6.51. The zero-order valence-corrected chi connectivity index (χ0v) is 33.3. The zero-order chi connectivity index (χ0) is 21.5. The van der Waals surface area contributed by atoms with Gasteiger partial charge < -0.3 is 0 Å². The van der Waals surface area contributed by atoms with Crippen LogP contribution in [0, 0.1) is 0 Å². The van der Waals surface area contributed by atoms with Crippen molar-refractivity contribution in [3.8, 4) is 0 Å². The van der Waals surface area contributed by atoms with Gasteiger partial charge in [0.15, 0.2) is 0 Å². The number of hydrogen-bond donors (Lipinski definition) is 0. The molecule has 18 nitrogen and oxygen atoms in total. The maximum absolute atomic E-state index is 8.61. The monoisotopic (exact) mass is 869 g/mol. The predicted molar refractivity (Wildman–Crippen MR) is 34.3 cm³/mol.